The number of hydrogen-bond donors (Lipinski definition) is 1. The third-order valence-corrected chi connectivity index (χ3v) is 4.63. The molecule has 1 heteroatoms. The summed E-state index contributed by atoms with van der Waals surface area (Å²) in [5, 5.41) is 3.78. The highest BCUT2D eigenvalue weighted by Crippen LogP contribution is 2.34. The van der Waals surface area contributed by atoms with Crippen molar-refractivity contribution in [1.82, 2.24) is 5.32 Å². The molecule has 3 rings (SSSR count). The van der Waals surface area contributed by atoms with Crippen LogP contribution in [0.15, 0.2) is 24.3 Å². The maximum Gasteiger partial charge on any atom is 0.00675 e. The molecule has 92 valence electrons. The molecule has 0 spiro atoms. The zero-order chi connectivity index (χ0) is 11.7. The maximum absolute atomic E-state index is 3.78. The minimum absolute atomic E-state index is 0.783. The number of rotatable bonds is 3. The summed E-state index contributed by atoms with van der Waals surface area (Å²) in [4.78, 5) is 0. The van der Waals surface area contributed by atoms with Gasteiger partial charge in [-0.05, 0) is 49.1 Å². The first kappa shape index (κ1) is 11.3. The van der Waals surface area contributed by atoms with Gasteiger partial charge in [0, 0.05) is 18.5 Å². The van der Waals surface area contributed by atoms with Crippen LogP contribution in [0.4, 0.5) is 0 Å². The molecule has 1 unspecified atom stereocenters. The largest absolute Gasteiger partial charge is 0.313 e. The van der Waals surface area contributed by atoms with Gasteiger partial charge in [-0.15, -0.1) is 0 Å². The summed E-state index contributed by atoms with van der Waals surface area (Å²) in [6.45, 7) is 3.58. The topological polar surface area (TPSA) is 12.0 Å². The van der Waals surface area contributed by atoms with Crippen LogP contribution in [0.1, 0.15) is 49.7 Å². The molecule has 17 heavy (non-hydrogen) atoms. The Labute approximate surface area is 105 Å². The normalized spacial score (nSPS) is 31.7. The molecule has 2 aliphatic rings. The fourth-order valence-corrected chi connectivity index (χ4v) is 3.32. The van der Waals surface area contributed by atoms with Gasteiger partial charge in [-0.1, -0.05) is 31.2 Å². The Morgan fingerprint density at radius 2 is 1.88 bits per heavy atom. The quantitative estimate of drug-likeness (QED) is 0.836. The fourth-order valence-electron chi connectivity index (χ4n) is 3.32. The van der Waals surface area contributed by atoms with Crippen LogP contribution in [0.5, 0.6) is 0 Å². The molecule has 1 fully saturated rings. The molecule has 0 bridgehead atoms. The third kappa shape index (κ3) is 2.40. The second-order valence-electron chi connectivity index (χ2n) is 5.96. The van der Waals surface area contributed by atoms with Crippen LogP contribution < -0.4 is 5.32 Å². The lowest BCUT2D eigenvalue weighted by Crippen LogP contribution is -2.38. The standard InChI is InChI=1S/C16H23N/c1-12-6-8-15(9-7-12)17-11-14-10-13-4-2-3-5-16(13)14/h2-5,12,14-15,17H,6-11H2,1H3. The lowest BCUT2D eigenvalue weighted by atomic mass is 9.77. The molecule has 2 aliphatic carbocycles. The first-order valence-corrected chi connectivity index (χ1v) is 7.14. The van der Waals surface area contributed by atoms with Crippen molar-refractivity contribution in [3.63, 3.8) is 0 Å². The van der Waals surface area contributed by atoms with E-state index in [0.29, 0.717) is 0 Å². The zero-order valence-corrected chi connectivity index (χ0v) is 10.8. The summed E-state index contributed by atoms with van der Waals surface area (Å²) in [6, 6.07) is 9.69. The van der Waals surface area contributed by atoms with Crippen molar-refractivity contribution in [1.29, 1.82) is 0 Å². The van der Waals surface area contributed by atoms with Gasteiger partial charge in [-0.2, -0.15) is 0 Å². The molecule has 0 aromatic heterocycles. The van der Waals surface area contributed by atoms with E-state index in [1.807, 2.05) is 0 Å². The second-order valence-corrected chi connectivity index (χ2v) is 5.96. The summed E-state index contributed by atoms with van der Waals surface area (Å²) in [5.41, 5.74) is 3.15. The minimum atomic E-state index is 0.783. The predicted octanol–water partition coefficient (Wildman–Crippen LogP) is 3.49. The minimum Gasteiger partial charge on any atom is -0.313 e. The summed E-state index contributed by atoms with van der Waals surface area (Å²) in [5.74, 6) is 1.74. The van der Waals surface area contributed by atoms with E-state index in [1.165, 1.54) is 38.6 Å². The highest BCUT2D eigenvalue weighted by molar-refractivity contribution is 5.40. The Morgan fingerprint density at radius 1 is 1.12 bits per heavy atom. The van der Waals surface area contributed by atoms with Gasteiger partial charge in [0.15, 0.2) is 0 Å². The Kier molecular flexibility index (Phi) is 3.19. The van der Waals surface area contributed by atoms with Crippen molar-refractivity contribution >= 4 is 0 Å². The van der Waals surface area contributed by atoms with Crippen LogP contribution in [-0.4, -0.2) is 12.6 Å². The van der Waals surface area contributed by atoms with Crippen molar-refractivity contribution in [2.45, 2.75) is 51.0 Å². The van der Waals surface area contributed by atoms with Gasteiger partial charge in [-0.3, -0.25) is 0 Å². The second kappa shape index (κ2) is 4.81. The van der Waals surface area contributed by atoms with Gasteiger partial charge in [0.25, 0.3) is 0 Å². The Bertz CT molecular complexity index is 377. The first-order chi connectivity index (χ1) is 8.33. The maximum atomic E-state index is 3.78. The van der Waals surface area contributed by atoms with Crippen molar-refractivity contribution in [2.24, 2.45) is 5.92 Å². The molecule has 1 N–H and O–H groups in total. The molecule has 0 amide bonds. The van der Waals surface area contributed by atoms with Crippen LogP contribution in [0, 0.1) is 5.92 Å². The summed E-state index contributed by atoms with van der Waals surface area (Å²) in [6.07, 6.45) is 6.88. The molecule has 1 nitrogen and oxygen atoms in total. The average Bonchev–Trinajstić information content (AvgIpc) is 2.33. The number of benzene rings is 1. The van der Waals surface area contributed by atoms with Crippen molar-refractivity contribution in [3.05, 3.63) is 35.4 Å². The molecular formula is C16H23N. The SMILES string of the molecule is CC1CCC(NCC2Cc3ccccc32)CC1. The molecule has 1 atom stereocenters. The van der Waals surface area contributed by atoms with E-state index in [1.54, 1.807) is 11.1 Å². The number of hydrogen-bond acceptors (Lipinski definition) is 1. The van der Waals surface area contributed by atoms with Crippen LogP contribution in [-0.2, 0) is 6.42 Å². The molecule has 0 aliphatic heterocycles. The summed E-state index contributed by atoms with van der Waals surface area (Å²) in [7, 11) is 0. The van der Waals surface area contributed by atoms with Gasteiger partial charge in [0.05, 0.1) is 0 Å². The Morgan fingerprint density at radius 3 is 2.65 bits per heavy atom. The van der Waals surface area contributed by atoms with E-state index < -0.39 is 0 Å². The van der Waals surface area contributed by atoms with Crippen molar-refractivity contribution in [2.75, 3.05) is 6.54 Å². The zero-order valence-electron chi connectivity index (χ0n) is 10.8. The van der Waals surface area contributed by atoms with Crippen LogP contribution >= 0.6 is 0 Å². The Balaban J connectivity index is 1.47. The van der Waals surface area contributed by atoms with Gasteiger partial charge >= 0.3 is 0 Å². The fraction of sp³-hybridized carbons (Fsp3) is 0.625. The average molecular weight is 229 g/mol. The molecule has 1 saturated carbocycles. The predicted molar refractivity (Wildman–Crippen MR) is 72.3 cm³/mol. The third-order valence-electron chi connectivity index (χ3n) is 4.63. The number of nitrogens with one attached hydrogen (secondary N) is 1. The van der Waals surface area contributed by atoms with E-state index in [0.717, 1.165) is 17.9 Å². The van der Waals surface area contributed by atoms with E-state index in [4.69, 9.17) is 0 Å². The molecular weight excluding hydrogens is 206 g/mol. The monoisotopic (exact) mass is 229 g/mol. The molecule has 0 saturated heterocycles. The van der Waals surface area contributed by atoms with Gasteiger partial charge in [0.1, 0.15) is 0 Å². The molecule has 1 aromatic carbocycles. The summed E-state index contributed by atoms with van der Waals surface area (Å²) >= 11 is 0. The van der Waals surface area contributed by atoms with Gasteiger partial charge in [-0.25, -0.2) is 0 Å². The highest BCUT2D eigenvalue weighted by atomic mass is 14.9. The van der Waals surface area contributed by atoms with Crippen LogP contribution in [0.25, 0.3) is 0 Å². The van der Waals surface area contributed by atoms with Crippen LogP contribution in [0.3, 0.4) is 0 Å². The van der Waals surface area contributed by atoms with Gasteiger partial charge < -0.3 is 5.32 Å². The van der Waals surface area contributed by atoms with Crippen LogP contribution in [0.2, 0.25) is 0 Å². The molecule has 1 aromatic rings. The van der Waals surface area contributed by atoms with E-state index >= 15 is 0 Å². The van der Waals surface area contributed by atoms with Crippen molar-refractivity contribution < 1.29 is 0 Å². The first-order valence-electron chi connectivity index (χ1n) is 7.14. The van der Waals surface area contributed by atoms with E-state index in [2.05, 4.69) is 36.5 Å². The smallest absolute Gasteiger partial charge is 0.00675 e. The lowest BCUT2D eigenvalue weighted by Gasteiger charge is -2.33. The van der Waals surface area contributed by atoms with Gasteiger partial charge in [0.2, 0.25) is 0 Å². The van der Waals surface area contributed by atoms with E-state index in [-0.39, 0.29) is 0 Å². The summed E-state index contributed by atoms with van der Waals surface area (Å²) < 4.78 is 0. The molecule has 0 heterocycles. The Hall–Kier alpha value is -0.820. The highest BCUT2D eigenvalue weighted by Gasteiger charge is 2.26. The van der Waals surface area contributed by atoms with E-state index in [9.17, 15) is 0 Å². The van der Waals surface area contributed by atoms with Crippen molar-refractivity contribution in [3.8, 4) is 0 Å². The molecule has 0 radical (unpaired) electrons. The number of fused-ring (bicyclic) bond motifs is 1. The lowest BCUT2D eigenvalue weighted by molar-refractivity contribution is 0.301.